The minimum atomic E-state index is -0.388. The number of fused-ring (bicyclic) bond motifs is 1. The van der Waals surface area contributed by atoms with Gasteiger partial charge in [0.05, 0.1) is 0 Å². The van der Waals surface area contributed by atoms with Gasteiger partial charge in [-0.05, 0) is 34.9 Å². The topological polar surface area (TPSA) is 38.9 Å². The molecule has 0 bridgehead atoms. The number of hydrogen-bond acceptors (Lipinski definition) is 3. The van der Waals surface area contributed by atoms with Crippen LogP contribution in [-0.4, -0.2) is 10.3 Å². The molecule has 70 valence electrons. The number of benzene rings is 1. The maximum Gasteiger partial charge on any atom is 0.170 e. The van der Waals surface area contributed by atoms with E-state index in [0.29, 0.717) is 5.52 Å². The van der Waals surface area contributed by atoms with E-state index in [1.807, 2.05) is 13.8 Å². The van der Waals surface area contributed by atoms with Crippen molar-refractivity contribution in [2.75, 3.05) is 0 Å². The Hall–Kier alpha value is -1.45. The van der Waals surface area contributed by atoms with Crippen LogP contribution >= 0.6 is 0 Å². The van der Waals surface area contributed by atoms with Gasteiger partial charge < -0.3 is 0 Å². The van der Waals surface area contributed by atoms with E-state index in [0.717, 1.165) is 5.56 Å². The van der Waals surface area contributed by atoms with Crippen LogP contribution in [0.1, 0.15) is 19.4 Å². The lowest BCUT2D eigenvalue weighted by Gasteiger charge is -1.90. The molecule has 1 aromatic heterocycles. The summed E-state index contributed by atoms with van der Waals surface area (Å²) in [6.07, 6.45) is 0. The molecule has 0 fully saturated rings. The van der Waals surface area contributed by atoms with Gasteiger partial charge in [0.2, 0.25) is 0 Å². The SMILES string of the molecule is CC.Cc1cc(F)c2nonc2c1. The standard InChI is InChI=1S/C7H5FN2O.C2H6/c1-4-2-5(8)7-6(3-4)9-11-10-7;1-2/h2-3H,1H3;1-2H3. The molecular formula is C9H11FN2O. The van der Waals surface area contributed by atoms with Gasteiger partial charge in [-0.15, -0.1) is 0 Å². The molecule has 0 unspecified atom stereocenters. The molecule has 3 nitrogen and oxygen atoms in total. The Balaban J connectivity index is 0.000000396. The average Bonchev–Trinajstić information content (AvgIpc) is 2.55. The molecule has 0 saturated carbocycles. The van der Waals surface area contributed by atoms with E-state index in [-0.39, 0.29) is 11.3 Å². The Morgan fingerprint density at radius 3 is 2.62 bits per heavy atom. The highest BCUT2D eigenvalue weighted by Crippen LogP contribution is 2.15. The van der Waals surface area contributed by atoms with Gasteiger partial charge >= 0.3 is 0 Å². The molecule has 13 heavy (non-hydrogen) atoms. The lowest BCUT2D eigenvalue weighted by atomic mass is 10.2. The van der Waals surface area contributed by atoms with Crippen LogP contribution in [0.3, 0.4) is 0 Å². The van der Waals surface area contributed by atoms with Crippen molar-refractivity contribution >= 4 is 11.0 Å². The van der Waals surface area contributed by atoms with E-state index in [9.17, 15) is 4.39 Å². The normalized spacial score (nSPS) is 9.54. The van der Waals surface area contributed by atoms with Crippen LogP contribution in [0.25, 0.3) is 11.0 Å². The van der Waals surface area contributed by atoms with Crippen molar-refractivity contribution in [2.24, 2.45) is 0 Å². The van der Waals surface area contributed by atoms with Crippen LogP contribution < -0.4 is 0 Å². The minimum Gasteiger partial charge on any atom is -0.243 e. The van der Waals surface area contributed by atoms with Crippen molar-refractivity contribution in [1.82, 2.24) is 10.3 Å². The van der Waals surface area contributed by atoms with Crippen LogP contribution in [0.15, 0.2) is 16.8 Å². The minimum absolute atomic E-state index is 0.190. The summed E-state index contributed by atoms with van der Waals surface area (Å²) in [5, 5.41) is 6.91. The quantitative estimate of drug-likeness (QED) is 0.628. The second kappa shape index (κ2) is 3.98. The molecule has 0 N–H and O–H groups in total. The Morgan fingerprint density at radius 2 is 1.92 bits per heavy atom. The summed E-state index contributed by atoms with van der Waals surface area (Å²) in [5.74, 6) is -0.388. The van der Waals surface area contributed by atoms with Gasteiger partial charge in [0, 0.05) is 0 Å². The molecule has 0 saturated heterocycles. The van der Waals surface area contributed by atoms with Crippen molar-refractivity contribution in [3.05, 3.63) is 23.5 Å². The van der Waals surface area contributed by atoms with Crippen molar-refractivity contribution in [3.8, 4) is 0 Å². The molecule has 0 aliphatic carbocycles. The third kappa shape index (κ3) is 1.83. The first-order valence-corrected chi connectivity index (χ1v) is 4.16. The van der Waals surface area contributed by atoms with Gasteiger partial charge in [-0.25, -0.2) is 9.02 Å². The lowest BCUT2D eigenvalue weighted by molar-refractivity contribution is 0.314. The molecular weight excluding hydrogens is 171 g/mol. The average molecular weight is 182 g/mol. The molecule has 0 aliphatic rings. The lowest BCUT2D eigenvalue weighted by Crippen LogP contribution is -1.80. The van der Waals surface area contributed by atoms with E-state index in [1.54, 1.807) is 13.0 Å². The first-order valence-electron chi connectivity index (χ1n) is 4.16. The van der Waals surface area contributed by atoms with E-state index >= 15 is 0 Å². The first-order chi connectivity index (χ1) is 6.27. The van der Waals surface area contributed by atoms with Crippen molar-refractivity contribution in [1.29, 1.82) is 0 Å². The van der Waals surface area contributed by atoms with Gasteiger partial charge in [0.1, 0.15) is 5.52 Å². The number of aromatic nitrogens is 2. The highest BCUT2D eigenvalue weighted by atomic mass is 19.1. The summed E-state index contributed by atoms with van der Waals surface area (Å²) in [5.41, 5.74) is 1.46. The molecule has 1 aromatic carbocycles. The molecule has 0 atom stereocenters. The maximum atomic E-state index is 12.9. The Kier molecular flexibility index (Phi) is 2.95. The Morgan fingerprint density at radius 1 is 1.23 bits per heavy atom. The molecule has 0 amide bonds. The zero-order valence-corrected chi connectivity index (χ0v) is 7.84. The number of hydrogen-bond donors (Lipinski definition) is 0. The fourth-order valence-corrected chi connectivity index (χ4v) is 0.981. The molecule has 0 radical (unpaired) electrons. The summed E-state index contributed by atoms with van der Waals surface area (Å²) in [6.45, 7) is 5.79. The summed E-state index contributed by atoms with van der Waals surface area (Å²) >= 11 is 0. The maximum absolute atomic E-state index is 12.9. The Labute approximate surface area is 75.5 Å². The van der Waals surface area contributed by atoms with Gasteiger partial charge in [0.15, 0.2) is 11.3 Å². The predicted octanol–water partition coefficient (Wildman–Crippen LogP) is 2.70. The number of aryl methyl sites for hydroxylation is 1. The summed E-state index contributed by atoms with van der Waals surface area (Å²) in [4.78, 5) is 0. The monoisotopic (exact) mass is 182 g/mol. The molecule has 0 spiro atoms. The fraction of sp³-hybridized carbons (Fsp3) is 0.333. The third-order valence-electron chi connectivity index (χ3n) is 1.46. The van der Waals surface area contributed by atoms with Crippen LogP contribution in [-0.2, 0) is 0 Å². The zero-order valence-electron chi connectivity index (χ0n) is 7.84. The highest BCUT2D eigenvalue weighted by Gasteiger charge is 2.06. The molecule has 2 aromatic rings. The second-order valence-corrected chi connectivity index (χ2v) is 2.38. The number of halogens is 1. The molecule has 1 heterocycles. The third-order valence-corrected chi connectivity index (χ3v) is 1.46. The predicted molar refractivity (Wildman–Crippen MR) is 47.8 cm³/mol. The van der Waals surface area contributed by atoms with Crippen LogP contribution in [0.4, 0.5) is 4.39 Å². The van der Waals surface area contributed by atoms with E-state index in [4.69, 9.17) is 0 Å². The van der Waals surface area contributed by atoms with Gasteiger partial charge in [-0.3, -0.25) is 0 Å². The van der Waals surface area contributed by atoms with Crippen LogP contribution in [0.5, 0.6) is 0 Å². The highest BCUT2D eigenvalue weighted by molar-refractivity contribution is 5.74. The van der Waals surface area contributed by atoms with Gasteiger partial charge in [0.25, 0.3) is 0 Å². The summed E-state index contributed by atoms with van der Waals surface area (Å²) < 4.78 is 17.3. The molecule has 2 rings (SSSR count). The molecule has 0 aliphatic heterocycles. The summed E-state index contributed by atoms with van der Waals surface area (Å²) in [7, 11) is 0. The van der Waals surface area contributed by atoms with Crippen LogP contribution in [0.2, 0.25) is 0 Å². The Bertz CT molecular complexity index is 397. The van der Waals surface area contributed by atoms with E-state index in [1.165, 1.54) is 6.07 Å². The van der Waals surface area contributed by atoms with Crippen LogP contribution in [0, 0.1) is 12.7 Å². The second-order valence-electron chi connectivity index (χ2n) is 2.38. The smallest absolute Gasteiger partial charge is 0.170 e. The zero-order chi connectivity index (χ0) is 9.84. The fourth-order valence-electron chi connectivity index (χ4n) is 0.981. The van der Waals surface area contributed by atoms with Gasteiger partial charge in [-0.1, -0.05) is 13.8 Å². The number of nitrogens with zero attached hydrogens (tertiary/aromatic N) is 2. The van der Waals surface area contributed by atoms with E-state index in [2.05, 4.69) is 14.9 Å². The van der Waals surface area contributed by atoms with E-state index < -0.39 is 0 Å². The summed E-state index contributed by atoms with van der Waals surface area (Å²) in [6, 6.07) is 3.11. The van der Waals surface area contributed by atoms with Crippen molar-refractivity contribution in [2.45, 2.75) is 20.8 Å². The van der Waals surface area contributed by atoms with Gasteiger partial charge in [-0.2, -0.15) is 0 Å². The van der Waals surface area contributed by atoms with Crippen molar-refractivity contribution in [3.63, 3.8) is 0 Å². The largest absolute Gasteiger partial charge is 0.243 e. The van der Waals surface area contributed by atoms with Crippen molar-refractivity contribution < 1.29 is 9.02 Å². The molecule has 4 heteroatoms. The first kappa shape index (κ1) is 9.64. The number of rotatable bonds is 0.